The maximum Gasteiger partial charge on any atom is 0.267 e. The van der Waals surface area contributed by atoms with Gasteiger partial charge in [0.1, 0.15) is 16.7 Å². The number of anilines is 3. The molecular formula is C21H18Cl3N7O. The SMILES string of the molecule is Cc1cccc(-n2c([C@H](C)Nc3nc(N)nc(N)c3Cl)nc3c(Cl)ccc(Cl)c3c2=O)c1. The molecule has 0 aliphatic carbocycles. The van der Waals surface area contributed by atoms with Gasteiger partial charge in [-0.3, -0.25) is 9.36 Å². The Kier molecular flexibility index (Phi) is 5.85. The van der Waals surface area contributed by atoms with Crippen LogP contribution in [0.5, 0.6) is 0 Å². The third-order valence-corrected chi connectivity index (χ3v) is 5.84. The summed E-state index contributed by atoms with van der Waals surface area (Å²) in [6, 6.07) is 10.1. The Morgan fingerprint density at radius 3 is 2.47 bits per heavy atom. The fraction of sp³-hybridized carbons (Fsp3) is 0.143. The number of hydrogen-bond acceptors (Lipinski definition) is 7. The Morgan fingerprint density at radius 1 is 1.03 bits per heavy atom. The second-order valence-electron chi connectivity index (χ2n) is 7.20. The highest BCUT2D eigenvalue weighted by molar-refractivity contribution is 6.39. The van der Waals surface area contributed by atoms with E-state index in [1.807, 2.05) is 31.2 Å². The summed E-state index contributed by atoms with van der Waals surface area (Å²) in [5.74, 6) is 0.570. The standard InChI is InChI=1S/C21H18Cl3N7O/c1-9-4-3-5-11(8-9)31-19(10(2)27-18-15(24)17(25)29-21(26)30-18)28-16-13(23)7-6-12(22)14(16)20(31)32/h3-8,10H,1-2H3,(H5,25,26,27,29,30)/t10-/m0/s1. The van der Waals surface area contributed by atoms with Crippen LogP contribution in [0.25, 0.3) is 16.6 Å². The first-order chi connectivity index (χ1) is 15.2. The Morgan fingerprint density at radius 2 is 1.75 bits per heavy atom. The molecule has 0 radical (unpaired) electrons. The summed E-state index contributed by atoms with van der Waals surface area (Å²) >= 11 is 19.0. The molecule has 5 N–H and O–H groups in total. The summed E-state index contributed by atoms with van der Waals surface area (Å²) in [7, 11) is 0. The highest BCUT2D eigenvalue weighted by Crippen LogP contribution is 2.31. The predicted octanol–water partition coefficient (Wildman–Crippen LogP) is 4.78. The highest BCUT2D eigenvalue weighted by Gasteiger charge is 2.22. The number of fused-ring (bicyclic) bond motifs is 1. The van der Waals surface area contributed by atoms with Gasteiger partial charge in [-0.2, -0.15) is 9.97 Å². The van der Waals surface area contributed by atoms with Crippen LogP contribution >= 0.6 is 34.8 Å². The van der Waals surface area contributed by atoms with Crippen molar-refractivity contribution >= 4 is 63.3 Å². The Balaban J connectivity index is 1.98. The maximum atomic E-state index is 13.6. The summed E-state index contributed by atoms with van der Waals surface area (Å²) in [5.41, 5.74) is 13.0. The molecule has 4 aromatic rings. The number of aryl methyl sites for hydroxylation is 1. The Labute approximate surface area is 198 Å². The van der Waals surface area contributed by atoms with Gasteiger partial charge in [0.2, 0.25) is 5.95 Å². The topological polar surface area (TPSA) is 125 Å². The van der Waals surface area contributed by atoms with Crippen molar-refractivity contribution in [3.8, 4) is 5.69 Å². The molecule has 1 atom stereocenters. The van der Waals surface area contributed by atoms with Crippen LogP contribution in [0.2, 0.25) is 15.1 Å². The lowest BCUT2D eigenvalue weighted by atomic mass is 10.1. The van der Waals surface area contributed by atoms with Crippen molar-refractivity contribution in [2.75, 3.05) is 16.8 Å². The van der Waals surface area contributed by atoms with Gasteiger partial charge in [-0.25, -0.2) is 4.98 Å². The summed E-state index contributed by atoms with van der Waals surface area (Å²) < 4.78 is 1.48. The normalized spacial score (nSPS) is 12.2. The average molecular weight is 491 g/mol. The number of rotatable bonds is 4. The third-order valence-electron chi connectivity index (χ3n) is 4.84. The van der Waals surface area contributed by atoms with E-state index in [2.05, 4.69) is 15.3 Å². The zero-order valence-electron chi connectivity index (χ0n) is 17.0. The van der Waals surface area contributed by atoms with E-state index in [4.69, 9.17) is 51.3 Å². The van der Waals surface area contributed by atoms with Crippen molar-refractivity contribution in [1.82, 2.24) is 19.5 Å². The van der Waals surface area contributed by atoms with Gasteiger partial charge in [-0.15, -0.1) is 0 Å². The van der Waals surface area contributed by atoms with Crippen LogP contribution in [0, 0.1) is 6.92 Å². The maximum absolute atomic E-state index is 13.6. The molecule has 0 spiro atoms. The first-order valence-corrected chi connectivity index (χ1v) is 10.6. The van der Waals surface area contributed by atoms with Crippen LogP contribution in [0.3, 0.4) is 0 Å². The minimum atomic E-state index is -0.561. The summed E-state index contributed by atoms with van der Waals surface area (Å²) in [4.78, 5) is 26.3. The number of halogens is 3. The predicted molar refractivity (Wildman–Crippen MR) is 130 cm³/mol. The summed E-state index contributed by atoms with van der Waals surface area (Å²) in [6.45, 7) is 3.73. The van der Waals surface area contributed by atoms with Crippen molar-refractivity contribution in [2.45, 2.75) is 19.9 Å². The van der Waals surface area contributed by atoms with E-state index in [1.54, 1.807) is 19.1 Å². The van der Waals surface area contributed by atoms with E-state index in [0.29, 0.717) is 22.1 Å². The zero-order valence-corrected chi connectivity index (χ0v) is 19.3. The lowest BCUT2D eigenvalue weighted by molar-refractivity contribution is 0.731. The van der Waals surface area contributed by atoms with Crippen molar-refractivity contribution in [1.29, 1.82) is 0 Å². The van der Waals surface area contributed by atoms with Gasteiger partial charge in [0.05, 0.1) is 32.7 Å². The van der Waals surface area contributed by atoms with Crippen molar-refractivity contribution in [3.63, 3.8) is 0 Å². The van der Waals surface area contributed by atoms with Gasteiger partial charge in [0, 0.05) is 0 Å². The monoisotopic (exact) mass is 489 g/mol. The minimum absolute atomic E-state index is 0.0336. The van der Waals surface area contributed by atoms with E-state index in [0.717, 1.165) is 5.56 Å². The van der Waals surface area contributed by atoms with Gasteiger partial charge in [0.25, 0.3) is 5.56 Å². The molecule has 0 saturated carbocycles. The summed E-state index contributed by atoms with van der Waals surface area (Å²) in [6.07, 6.45) is 0. The number of hydrogen-bond donors (Lipinski definition) is 3. The van der Waals surface area contributed by atoms with Crippen LogP contribution in [-0.2, 0) is 0 Å². The zero-order chi connectivity index (χ0) is 23.2. The molecule has 2 aromatic heterocycles. The molecule has 0 unspecified atom stereocenters. The number of benzene rings is 2. The number of nitrogens with zero attached hydrogens (tertiary/aromatic N) is 4. The van der Waals surface area contributed by atoms with Gasteiger partial charge >= 0.3 is 0 Å². The fourth-order valence-corrected chi connectivity index (χ4v) is 3.96. The molecule has 4 rings (SSSR count). The number of nitrogen functional groups attached to an aromatic ring is 2. The van der Waals surface area contributed by atoms with Crippen LogP contribution < -0.4 is 22.3 Å². The molecule has 0 amide bonds. The lowest BCUT2D eigenvalue weighted by Crippen LogP contribution is -2.28. The molecule has 0 aliphatic heterocycles. The Bertz CT molecular complexity index is 1420. The average Bonchev–Trinajstić information content (AvgIpc) is 2.73. The van der Waals surface area contributed by atoms with Crippen LogP contribution in [-0.4, -0.2) is 19.5 Å². The molecule has 2 heterocycles. The molecule has 0 saturated heterocycles. The van der Waals surface area contributed by atoms with Crippen LogP contribution in [0.1, 0.15) is 24.4 Å². The molecule has 32 heavy (non-hydrogen) atoms. The quantitative estimate of drug-likeness (QED) is 0.376. The number of nitrogens with two attached hydrogens (primary N) is 2. The van der Waals surface area contributed by atoms with Crippen LogP contribution in [0.15, 0.2) is 41.2 Å². The molecule has 0 bridgehead atoms. The molecule has 0 fully saturated rings. The van der Waals surface area contributed by atoms with E-state index in [9.17, 15) is 4.79 Å². The van der Waals surface area contributed by atoms with E-state index in [-0.39, 0.29) is 38.6 Å². The molecule has 2 aromatic carbocycles. The minimum Gasteiger partial charge on any atom is -0.382 e. The Hall–Kier alpha value is -3.07. The molecule has 0 aliphatic rings. The first-order valence-electron chi connectivity index (χ1n) is 9.50. The van der Waals surface area contributed by atoms with E-state index in [1.165, 1.54) is 4.57 Å². The van der Waals surface area contributed by atoms with Gasteiger partial charge in [-0.1, -0.05) is 46.9 Å². The molecule has 164 valence electrons. The van der Waals surface area contributed by atoms with Gasteiger partial charge in [-0.05, 0) is 43.7 Å². The smallest absolute Gasteiger partial charge is 0.267 e. The van der Waals surface area contributed by atoms with E-state index >= 15 is 0 Å². The van der Waals surface area contributed by atoms with E-state index < -0.39 is 6.04 Å². The van der Waals surface area contributed by atoms with Crippen molar-refractivity contribution in [3.05, 3.63) is 73.2 Å². The van der Waals surface area contributed by atoms with Crippen LogP contribution in [0.4, 0.5) is 17.6 Å². The number of aromatic nitrogens is 4. The lowest BCUT2D eigenvalue weighted by Gasteiger charge is -2.21. The third kappa shape index (κ3) is 3.92. The molecular weight excluding hydrogens is 473 g/mol. The molecule has 11 heteroatoms. The second-order valence-corrected chi connectivity index (χ2v) is 8.39. The van der Waals surface area contributed by atoms with Crippen molar-refractivity contribution < 1.29 is 0 Å². The molecule has 8 nitrogen and oxygen atoms in total. The number of nitrogens with one attached hydrogen (secondary N) is 1. The fourth-order valence-electron chi connectivity index (χ4n) is 3.39. The van der Waals surface area contributed by atoms with Gasteiger partial charge < -0.3 is 16.8 Å². The highest BCUT2D eigenvalue weighted by atomic mass is 35.5. The second kappa shape index (κ2) is 8.46. The van der Waals surface area contributed by atoms with Gasteiger partial charge in [0.15, 0.2) is 5.82 Å². The van der Waals surface area contributed by atoms with Crippen molar-refractivity contribution in [2.24, 2.45) is 0 Å². The first kappa shape index (κ1) is 22.1. The largest absolute Gasteiger partial charge is 0.382 e. The summed E-state index contributed by atoms with van der Waals surface area (Å²) in [5, 5.41) is 4.02.